The fourth-order valence-corrected chi connectivity index (χ4v) is 1.67. The Morgan fingerprint density at radius 2 is 2.07 bits per heavy atom. The molecule has 1 aliphatic carbocycles. The second-order valence-corrected chi connectivity index (χ2v) is 3.72. The van der Waals surface area contributed by atoms with E-state index in [2.05, 4.69) is 15.7 Å². The quantitative estimate of drug-likeness (QED) is 0.212. The topological polar surface area (TPSA) is 106 Å². The van der Waals surface area contributed by atoms with Crippen LogP contribution in [0.4, 0.5) is 0 Å². The van der Waals surface area contributed by atoms with Gasteiger partial charge in [0.2, 0.25) is 11.9 Å². The average molecular weight is 213 g/mol. The van der Waals surface area contributed by atoms with E-state index < -0.39 is 0 Å². The summed E-state index contributed by atoms with van der Waals surface area (Å²) in [6.45, 7) is 0.370. The van der Waals surface area contributed by atoms with Crippen molar-refractivity contribution in [2.24, 2.45) is 16.6 Å². The first-order valence-electron chi connectivity index (χ1n) is 5.28. The molecule has 0 bridgehead atoms. The summed E-state index contributed by atoms with van der Waals surface area (Å²) < 4.78 is 0. The molecule has 1 amide bonds. The molecule has 0 saturated heterocycles. The lowest BCUT2D eigenvalue weighted by molar-refractivity contribution is -0.117. The van der Waals surface area contributed by atoms with E-state index in [0.717, 1.165) is 12.8 Å². The third-order valence-corrected chi connectivity index (χ3v) is 2.46. The van der Waals surface area contributed by atoms with Crippen molar-refractivity contribution in [3.05, 3.63) is 0 Å². The average Bonchev–Trinajstić information content (AvgIpc) is 2.68. The number of amides is 1. The Morgan fingerprint density at radius 3 is 2.60 bits per heavy atom. The highest BCUT2D eigenvalue weighted by molar-refractivity contribution is 5.80. The summed E-state index contributed by atoms with van der Waals surface area (Å²) in [4.78, 5) is 14.6. The summed E-state index contributed by atoms with van der Waals surface area (Å²) in [6, 6.07) is 0.452. The van der Waals surface area contributed by atoms with Crippen molar-refractivity contribution in [3.63, 3.8) is 0 Å². The van der Waals surface area contributed by atoms with Crippen LogP contribution < -0.4 is 22.3 Å². The first kappa shape index (κ1) is 11.8. The number of hydrazine groups is 1. The Hall–Kier alpha value is -1.30. The minimum Gasteiger partial charge on any atom is -0.370 e. The van der Waals surface area contributed by atoms with E-state index in [1.54, 1.807) is 0 Å². The second-order valence-electron chi connectivity index (χ2n) is 3.72. The smallest absolute Gasteiger partial charge is 0.219 e. The van der Waals surface area contributed by atoms with Crippen LogP contribution in [0, 0.1) is 0 Å². The third kappa shape index (κ3) is 4.64. The fraction of sp³-hybridized carbons (Fsp3) is 0.778. The number of nitrogens with two attached hydrogens (primary N) is 2. The molecular weight excluding hydrogens is 194 g/mol. The van der Waals surface area contributed by atoms with Gasteiger partial charge < -0.3 is 11.1 Å². The predicted octanol–water partition coefficient (Wildman–Crippen LogP) is -0.787. The zero-order chi connectivity index (χ0) is 11.1. The maximum absolute atomic E-state index is 10.5. The van der Waals surface area contributed by atoms with Crippen LogP contribution in [0.5, 0.6) is 0 Å². The SMILES string of the molecule is NNC(=NCCC(N)=O)NC1CCCC1. The van der Waals surface area contributed by atoms with Gasteiger partial charge in [-0.25, -0.2) is 5.84 Å². The van der Waals surface area contributed by atoms with E-state index in [-0.39, 0.29) is 12.3 Å². The van der Waals surface area contributed by atoms with Crippen LogP contribution in [0.3, 0.4) is 0 Å². The summed E-state index contributed by atoms with van der Waals surface area (Å²) in [5, 5.41) is 3.20. The van der Waals surface area contributed by atoms with Crippen LogP contribution in [0.2, 0.25) is 0 Å². The number of primary amides is 1. The molecule has 0 aromatic heterocycles. The molecule has 0 aliphatic heterocycles. The van der Waals surface area contributed by atoms with Crippen LogP contribution in [-0.2, 0) is 4.79 Å². The zero-order valence-corrected chi connectivity index (χ0v) is 8.83. The van der Waals surface area contributed by atoms with Gasteiger partial charge in [0.25, 0.3) is 0 Å². The number of nitrogens with one attached hydrogen (secondary N) is 2. The molecule has 0 spiro atoms. The number of nitrogens with zero attached hydrogens (tertiary/aromatic N) is 1. The van der Waals surface area contributed by atoms with Crippen molar-refractivity contribution in [1.82, 2.24) is 10.7 Å². The molecule has 1 fully saturated rings. The molecule has 6 heteroatoms. The Kier molecular flexibility index (Phi) is 4.89. The van der Waals surface area contributed by atoms with E-state index in [4.69, 9.17) is 11.6 Å². The molecule has 1 aliphatic rings. The molecule has 6 N–H and O–H groups in total. The Bertz CT molecular complexity index is 235. The Labute approximate surface area is 89.5 Å². The molecule has 6 nitrogen and oxygen atoms in total. The number of aliphatic imine (C=N–C) groups is 1. The predicted molar refractivity (Wildman–Crippen MR) is 58.8 cm³/mol. The molecule has 0 heterocycles. The van der Waals surface area contributed by atoms with E-state index in [9.17, 15) is 4.79 Å². The number of hydrogen-bond donors (Lipinski definition) is 4. The van der Waals surface area contributed by atoms with E-state index in [0.29, 0.717) is 18.5 Å². The van der Waals surface area contributed by atoms with Crippen molar-refractivity contribution in [2.75, 3.05) is 6.54 Å². The summed E-state index contributed by atoms with van der Waals surface area (Å²) >= 11 is 0. The maximum atomic E-state index is 10.5. The number of hydrogen-bond acceptors (Lipinski definition) is 3. The number of guanidine groups is 1. The monoisotopic (exact) mass is 213 g/mol. The van der Waals surface area contributed by atoms with Gasteiger partial charge in [-0.15, -0.1) is 0 Å². The van der Waals surface area contributed by atoms with Crippen LogP contribution in [0.1, 0.15) is 32.1 Å². The maximum Gasteiger partial charge on any atom is 0.219 e. The Balaban J connectivity index is 2.29. The van der Waals surface area contributed by atoms with Gasteiger partial charge in [0.15, 0.2) is 0 Å². The third-order valence-electron chi connectivity index (χ3n) is 2.46. The van der Waals surface area contributed by atoms with Crippen molar-refractivity contribution in [2.45, 2.75) is 38.1 Å². The minimum atomic E-state index is -0.351. The van der Waals surface area contributed by atoms with Crippen molar-refractivity contribution in [3.8, 4) is 0 Å². The van der Waals surface area contributed by atoms with Gasteiger partial charge in [0, 0.05) is 12.5 Å². The molecule has 0 atom stereocenters. The van der Waals surface area contributed by atoms with Crippen molar-refractivity contribution < 1.29 is 4.79 Å². The molecule has 86 valence electrons. The Morgan fingerprint density at radius 1 is 1.40 bits per heavy atom. The van der Waals surface area contributed by atoms with Gasteiger partial charge in [0.05, 0.1) is 6.54 Å². The zero-order valence-electron chi connectivity index (χ0n) is 8.83. The summed E-state index contributed by atoms with van der Waals surface area (Å²) in [6.07, 6.45) is 5.04. The van der Waals surface area contributed by atoms with Crippen LogP contribution in [-0.4, -0.2) is 24.5 Å². The summed E-state index contributed by atoms with van der Waals surface area (Å²) in [5.74, 6) is 5.50. The van der Waals surface area contributed by atoms with E-state index in [1.165, 1.54) is 12.8 Å². The highest BCUT2D eigenvalue weighted by Crippen LogP contribution is 2.17. The van der Waals surface area contributed by atoms with E-state index in [1.807, 2.05) is 0 Å². The van der Waals surface area contributed by atoms with Crippen LogP contribution in [0.15, 0.2) is 4.99 Å². The van der Waals surface area contributed by atoms with Crippen LogP contribution >= 0.6 is 0 Å². The molecule has 1 rings (SSSR count). The lowest BCUT2D eigenvalue weighted by Gasteiger charge is -2.14. The van der Waals surface area contributed by atoms with Gasteiger partial charge in [-0.3, -0.25) is 15.2 Å². The molecule has 0 unspecified atom stereocenters. The lowest BCUT2D eigenvalue weighted by atomic mass is 10.2. The first-order chi connectivity index (χ1) is 7.22. The van der Waals surface area contributed by atoms with Crippen molar-refractivity contribution >= 4 is 11.9 Å². The minimum absolute atomic E-state index is 0.248. The number of carbonyl (C=O) groups excluding carboxylic acids is 1. The highest BCUT2D eigenvalue weighted by Gasteiger charge is 2.15. The molecular formula is C9H19N5O. The summed E-state index contributed by atoms with van der Waals surface area (Å²) in [5.41, 5.74) is 7.49. The summed E-state index contributed by atoms with van der Waals surface area (Å²) in [7, 11) is 0. The normalized spacial score (nSPS) is 17.8. The first-order valence-corrected chi connectivity index (χ1v) is 5.28. The van der Waals surface area contributed by atoms with Gasteiger partial charge in [0.1, 0.15) is 0 Å². The van der Waals surface area contributed by atoms with Gasteiger partial charge >= 0.3 is 0 Å². The van der Waals surface area contributed by atoms with Crippen molar-refractivity contribution in [1.29, 1.82) is 0 Å². The largest absolute Gasteiger partial charge is 0.370 e. The highest BCUT2D eigenvalue weighted by atomic mass is 16.1. The van der Waals surface area contributed by atoms with Gasteiger partial charge in [-0.05, 0) is 12.8 Å². The molecule has 1 saturated carbocycles. The number of carbonyl (C=O) groups is 1. The molecule has 0 aromatic rings. The lowest BCUT2D eigenvalue weighted by Crippen LogP contribution is -2.45. The molecule has 0 aromatic carbocycles. The van der Waals surface area contributed by atoms with Gasteiger partial charge in [-0.1, -0.05) is 12.8 Å². The second kappa shape index (κ2) is 6.23. The standard InChI is InChI=1S/C9H19N5O/c10-8(15)5-6-12-9(14-11)13-7-3-1-2-4-7/h7H,1-6,11H2,(H2,10,15)(H2,12,13,14). The molecule has 0 radical (unpaired) electrons. The number of rotatable bonds is 4. The molecule has 15 heavy (non-hydrogen) atoms. The van der Waals surface area contributed by atoms with E-state index >= 15 is 0 Å². The fourth-order valence-electron chi connectivity index (χ4n) is 1.67. The van der Waals surface area contributed by atoms with Gasteiger partial charge in [-0.2, -0.15) is 0 Å². The van der Waals surface area contributed by atoms with Crippen LogP contribution in [0.25, 0.3) is 0 Å².